The lowest BCUT2D eigenvalue weighted by Crippen LogP contribution is -2.26. The van der Waals surface area contributed by atoms with Gasteiger partial charge in [-0.25, -0.2) is 10.8 Å². The number of rotatable bonds is 4. The molecule has 2 rings (SSSR count). The number of aromatic nitrogens is 2. The number of nitrogens with two attached hydrogens (primary N) is 1. The molecule has 0 saturated carbocycles. The Morgan fingerprint density at radius 3 is 2.88 bits per heavy atom. The maximum atomic E-state index is 5.80. The maximum Gasteiger partial charge on any atom is 0.219 e. The van der Waals surface area contributed by atoms with Crippen molar-refractivity contribution in [2.75, 3.05) is 24.9 Å². The van der Waals surface area contributed by atoms with E-state index < -0.39 is 0 Å². The Morgan fingerprint density at radius 1 is 1.47 bits per heavy atom. The van der Waals surface area contributed by atoms with Crippen molar-refractivity contribution in [1.82, 2.24) is 9.97 Å². The Hall–Kier alpha value is -1.05. The van der Waals surface area contributed by atoms with Gasteiger partial charge in [0.15, 0.2) is 5.16 Å². The first kappa shape index (κ1) is 12.4. The average molecular weight is 256 g/mol. The maximum absolute atomic E-state index is 5.80. The van der Waals surface area contributed by atoms with E-state index in [1.807, 2.05) is 6.26 Å². The zero-order valence-electron chi connectivity index (χ0n) is 9.68. The van der Waals surface area contributed by atoms with Gasteiger partial charge < -0.3 is 14.9 Å². The second-order valence-corrected chi connectivity index (χ2v) is 4.43. The van der Waals surface area contributed by atoms with Crippen LogP contribution in [0, 0.1) is 0 Å². The molecule has 0 amide bonds. The summed E-state index contributed by atoms with van der Waals surface area (Å²) in [6.45, 7) is 1.49. The fraction of sp³-hybridized carbons (Fsp3) is 0.600. The Morgan fingerprint density at radius 2 is 2.24 bits per heavy atom. The fourth-order valence-electron chi connectivity index (χ4n) is 1.59. The van der Waals surface area contributed by atoms with Crippen molar-refractivity contribution in [3.8, 4) is 5.88 Å². The third kappa shape index (κ3) is 3.45. The summed E-state index contributed by atoms with van der Waals surface area (Å²) in [4.78, 5) is 8.46. The van der Waals surface area contributed by atoms with Crippen molar-refractivity contribution >= 4 is 17.6 Å². The lowest BCUT2D eigenvalue weighted by atomic mass is 10.2. The second-order valence-electron chi connectivity index (χ2n) is 3.65. The zero-order chi connectivity index (χ0) is 12.1. The normalized spacial score (nSPS) is 16.8. The van der Waals surface area contributed by atoms with Crippen LogP contribution in [-0.4, -0.2) is 35.5 Å². The van der Waals surface area contributed by atoms with Crippen molar-refractivity contribution in [3.05, 3.63) is 6.07 Å². The Kier molecular flexibility index (Phi) is 4.41. The van der Waals surface area contributed by atoms with Gasteiger partial charge >= 0.3 is 0 Å². The van der Waals surface area contributed by atoms with Gasteiger partial charge in [0.2, 0.25) is 5.88 Å². The molecule has 0 atom stereocenters. The van der Waals surface area contributed by atoms with E-state index in [4.69, 9.17) is 15.3 Å². The van der Waals surface area contributed by atoms with Gasteiger partial charge in [-0.15, -0.1) is 0 Å². The highest BCUT2D eigenvalue weighted by Crippen LogP contribution is 2.21. The SMILES string of the molecule is CSc1nc(NN)cc(OC2CCOCC2)n1. The molecule has 0 bridgehead atoms. The van der Waals surface area contributed by atoms with Gasteiger partial charge in [0, 0.05) is 18.9 Å². The molecule has 1 saturated heterocycles. The van der Waals surface area contributed by atoms with Crippen LogP contribution in [0.4, 0.5) is 5.82 Å². The predicted molar refractivity (Wildman–Crippen MR) is 66.1 cm³/mol. The molecule has 1 fully saturated rings. The van der Waals surface area contributed by atoms with Crippen LogP contribution in [0.15, 0.2) is 11.2 Å². The number of nitrogen functional groups attached to an aromatic ring is 1. The number of ether oxygens (including phenoxy) is 2. The number of nitrogens with one attached hydrogen (secondary N) is 1. The summed E-state index contributed by atoms with van der Waals surface area (Å²) in [7, 11) is 0. The Balaban J connectivity index is 2.07. The molecule has 1 aliphatic heterocycles. The lowest BCUT2D eigenvalue weighted by Gasteiger charge is -2.22. The van der Waals surface area contributed by atoms with Gasteiger partial charge in [-0.3, -0.25) is 0 Å². The summed E-state index contributed by atoms with van der Waals surface area (Å²) >= 11 is 1.45. The highest BCUT2D eigenvalue weighted by molar-refractivity contribution is 7.98. The number of thioether (sulfide) groups is 1. The second kappa shape index (κ2) is 6.04. The van der Waals surface area contributed by atoms with Crippen molar-refractivity contribution in [2.45, 2.75) is 24.1 Å². The van der Waals surface area contributed by atoms with Crippen LogP contribution >= 0.6 is 11.8 Å². The van der Waals surface area contributed by atoms with E-state index in [1.54, 1.807) is 6.07 Å². The topological polar surface area (TPSA) is 82.3 Å². The van der Waals surface area contributed by atoms with Crippen molar-refractivity contribution in [2.24, 2.45) is 5.84 Å². The predicted octanol–water partition coefficient (Wildman–Crippen LogP) is 1.04. The highest BCUT2D eigenvalue weighted by atomic mass is 32.2. The van der Waals surface area contributed by atoms with E-state index in [0.29, 0.717) is 16.9 Å². The van der Waals surface area contributed by atoms with Crippen LogP contribution in [-0.2, 0) is 4.74 Å². The average Bonchev–Trinajstić information content (AvgIpc) is 2.39. The van der Waals surface area contributed by atoms with E-state index in [2.05, 4.69) is 15.4 Å². The van der Waals surface area contributed by atoms with E-state index >= 15 is 0 Å². The van der Waals surface area contributed by atoms with E-state index in [9.17, 15) is 0 Å². The number of hydrazine groups is 1. The molecule has 0 aliphatic carbocycles. The van der Waals surface area contributed by atoms with Gasteiger partial charge in [-0.2, -0.15) is 4.98 Å². The first-order valence-electron chi connectivity index (χ1n) is 5.46. The summed E-state index contributed by atoms with van der Waals surface area (Å²) in [6, 6.07) is 1.70. The van der Waals surface area contributed by atoms with Crippen LogP contribution in [0.1, 0.15) is 12.8 Å². The number of hydrogen-bond donors (Lipinski definition) is 2. The Bertz CT molecular complexity index is 349. The first-order chi connectivity index (χ1) is 8.31. The summed E-state index contributed by atoms with van der Waals surface area (Å²) in [5.74, 6) is 6.47. The van der Waals surface area contributed by atoms with Crippen LogP contribution in [0.5, 0.6) is 5.88 Å². The summed E-state index contributed by atoms with van der Waals surface area (Å²) in [5.41, 5.74) is 2.51. The number of nitrogens with zero attached hydrogens (tertiary/aromatic N) is 2. The van der Waals surface area contributed by atoms with E-state index in [0.717, 1.165) is 26.1 Å². The highest BCUT2D eigenvalue weighted by Gasteiger charge is 2.16. The Labute approximate surface area is 104 Å². The summed E-state index contributed by atoms with van der Waals surface area (Å²) in [6.07, 6.45) is 3.86. The molecule has 2 heterocycles. The number of anilines is 1. The summed E-state index contributed by atoms with van der Waals surface area (Å²) < 4.78 is 11.1. The van der Waals surface area contributed by atoms with Gasteiger partial charge in [0.25, 0.3) is 0 Å². The molecule has 17 heavy (non-hydrogen) atoms. The quantitative estimate of drug-likeness (QED) is 0.360. The largest absolute Gasteiger partial charge is 0.474 e. The molecule has 0 unspecified atom stereocenters. The standard InChI is InChI=1S/C10H16N4O2S/c1-17-10-12-8(14-11)6-9(13-10)16-7-2-4-15-5-3-7/h6-7H,2-5,11H2,1H3,(H,12,13,14). The molecule has 1 aromatic rings. The van der Waals surface area contributed by atoms with Gasteiger partial charge in [-0.05, 0) is 6.26 Å². The van der Waals surface area contributed by atoms with Crippen LogP contribution in [0.2, 0.25) is 0 Å². The molecular formula is C10H16N4O2S. The molecule has 6 nitrogen and oxygen atoms in total. The molecule has 0 spiro atoms. The molecule has 3 N–H and O–H groups in total. The minimum absolute atomic E-state index is 0.166. The minimum Gasteiger partial charge on any atom is -0.474 e. The van der Waals surface area contributed by atoms with Crippen molar-refractivity contribution in [1.29, 1.82) is 0 Å². The van der Waals surface area contributed by atoms with Gasteiger partial charge in [0.1, 0.15) is 11.9 Å². The minimum atomic E-state index is 0.166. The third-order valence-corrected chi connectivity index (χ3v) is 3.02. The smallest absolute Gasteiger partial charge is 0.219 e. The van der Waals surface area contributed by atoms with Crippen LogP contribution in [0.3, 0.4) is 0 Å². The van der Waals surface area contributed by atoms with E-state index in [1.165, 1.54) is 11.8 Å². The van der Waals surface area contributed by atoms with Gasteiger partial charge in [-0.1, -0.05) is 11.8 Å². The molecule has 0 radical (unpaired) electrons. The van der Waals surface area contributed by atoms with Crippen molar-refractivity contribution < 1.29 is 9.47 Å². The molecule has 94 valence electrons. The zero-order valence-corrected chi connectivity index (χ0v) is 10.5. The first-order valence-corrected chi connectivity index (χ1v) is 6.68. The molecule has 7 heteroatoms. The van der Waals surface area contributed by atoms with Crippen LogP contribution in [0.25, 0.3) is 0 Å². The lowest BCUT2D eigenvalue weighted by molar-refractivity contribution is 0.0234. The van der Waals surface area contributed by atoms with Crippen molar-refractivity contribution in [3.63, 3.8) is 0 Å². The molecule has 1 aliphatic rings. The number of hydrogen-bond acceptors (Lipinski definition) is 7. The fourth-order valence-corrected chi connectivity index (χ4v) is 1.96. The van der Waals surface area contributed by atoms with E-state index in [-0.39, 0.29) is 6.10 Å². The molecule has 1 aromatic heterocycles. The third-order valence-electron chi connectivity index (χ3n) is 2.47. The molecular weight excluding hydrogens is 240 g/mol. The molecule has 0 aromatic carbocycles. The van der Waals surface area contributed by atoms with Crippen LogP contribution < -0.4 is 16.0 Å². The van der Waals surface area contributed by atoms with Gasteiger partial charge in [0.05, 0.1) is 13.2 Å². The monoisotopic (exact) mass is 256 g/mol. The summed E-state index contributed by atoms with van der Waals surface area (Å²) in [5, 5.41) is 0.641.